The van der Waals surface area contributed by atoms with Gasteiger partial charge in [-0.3, -0.25) is 0 Å². The molecule has 0 atom stereocenters. The highest BCUT2D eigenvalue weighted by atomic mass is 32.2. The predicted octanol–water partition coefficient (Wildman–Crippen LogP) is 5.68. The summed E-state index contributed by atoms with van der Waals surface area (Å²) in [4.78, 5) is 4.04. The second-order valence-corrected chi connectivity index (χ2v) is 15.4. The van der Waals surface area contributed by atoms with Crippen molar-refractivity contribution in [1.82, 2.24) is 4.90 Å². The average Bonchev–Trinajstić information content (AvgIpc) is 2.72. The average molecular weight is 342 g/mol. The van der Waals surface area contributed by atoms with E-state index >= 15 is 0 Å². The van der Waals surface area contributed by atoms with Gasteiger partial charge in [-0.1, -0.05) is 41.5 Å². The minimum atomic E-state index is -1.58. The van der Waals surface area contributed by atoms with Gasteiger partial charge in [0.2, 0.25) is 0 Å². The normalized spacial score (nSPS) is 26.9. The van der Waals surface area contributed by atoms with Gasteiger partial charge in [-0.25, -0.2) is 0 Å². The molecule has 1 heterocycles. The molecule has 2 aliphatic rings. The molecule has 0 radical (unpaired) electrons. The van der Waals surface area contributed by atoms with Gasteiger partial charge in [0.25, 0.3) is 0 Å². The molecule has 1 aliphatic heterocycles. The summed E-state index contributed by atoms with van der Waals surface area (Å²) in [6, 6.07) is 0. The van der Waals surface area contributed by atoms with Crippen LogP contribution in [0.25, 0.3) is 0 Å². The van der Waals surface area contributed by atoms with Crippen molar-refractivity contribution in [2.75, 3.05) is 12.4 Å². The summed E-state index contributed by atoms with van der Waals surface area (Å²) in [7, 11) is -1.58. The largest absolute Gasteiger partial charge is 0.414 e. The summed E-state index contributed by atoms with van der Waals surface area (Å²) in [6.45, 7) is 19.9. The fraction of sp³-hybridized carbons (Fsp3) is 0.889. The lowest BCUT2D eigenvalue weighted by atomic mass is 9.82. The minimum Gasteiger partial charge on any atom is -0.414 e. The molecule has 0 unspecified atom stereocenters. The van der Waals surface area contributed by atoms with Crippen molar-refractivity contribution in [2.45, 2.75) is 78.6 Å². The van der Waals surface area contributed by atoms with Crippen molar-refractivity contribution >= 4 is 20.1 Å². The molecule has 1 fully saturated rings. The van der Waals surface area contributed by atoms with Crippen molar-refractivity contribution < 1.29 is 4.43 Å². The summed E-state index contributed by atoms with van der Waals surface area (Å²) in [5, 5.41) is 0.327. The number of allylic oxidation sites excluding steroid dienone is 1. The third-order valence-electron chi connectivity index (χ3n) is 5.38. The Bertz CT molecular complexity index is 427. The Labute approximate surface area is 143 Å². The Kier molecular flexibility index (Phi) is 5.17. The second kappa shape index (κ2) is 6.17. The number of thioether (sulfide) groups is 1. The standard InChI is InChI=1S/C18H35NOSSi/c1-17(2,3)16-12-19(13-21-16)11-14-9-15(10-14)20-22(7,8)18(4,5)6/h12,14-15H,9-11,13H2,1-8H3. The first-order chi connectivity index (χ1) is 9.88. The Morgan fingerprint density at radius 1 is 1.18 bits per heavy atom. The molecule has 0 N–H and O–H groups in total. The van der Waals surface area contributed by atoms with Gasteiger partial charge in [0, 0.05) is 23.8 Å². The van der Waals surface area contributed by atoms with E-state index in [-0.39, 0.29) is 0 Å². The zero-order valence-corrected chi connectivity index (χ0v) is 17.6. The van der Waals surface area contributed by atoms with Crippen LogP contribution in [-0.4, -0.2) is 31.7 Å². The van der Waals surface area contributed by atoms with Crippen LogP contribution in [0, 0.1) is 11.3 Å². The third kappa shape index (κ3) is 4.33. The van der Waals surface area contributed by atoms with Crippen molar-refractivity contribution in [3.63, 3.8) is 0 Å². The van der Waals surface area contributed by atoms with E-state index in [1.165, 1.54) is 24.3 Å². The van der Waals surface area contributed by atoms with Crippen LogP contribution in [0.15, 0.2) is 11.1 Å². The van der Waals surface area contributed by atoms with E-state index in [0.717, 1.165) is 11.8 Å². The van der Waals surface area contributed by atoms with Crippen LogP contribution in [-0.2, 0) is 4.43 Å². The Balaban J connectivity index is 1.76. The molecule has 0 aromatic carbocycles. The van der Waals surface area contributed by atoms with Crippen LogP contribution in [0.5, 0.6) is 0 Å². The third-order valence-corrected chi connectivity index (χ3v) is 11.4. The highest BCUT2D eigenvalue weighted by molar-refractivity contribution is 8.03. The Morgan fingerprint density at radius 3 is 2.23 bits per heavy atom. The smallest absolute Gasteiger partial charge is 0.192 e. The SMILES string of the molecule is CC(C)(C)C1=CN(CC2CC(O[Si](C)(C)C(C)(C)C)C2)CS1. The predicted molar refractivity (Wildman–Crippen MR) is 101 cm³/mol. The van der Waals surface area contributed by atoms with E-state index in [4.69, 9.17) is 4.43 Å². The summed E-state index contributed by atoms with van der Waals surface area (Å²) < 4.78 is 6.51. The van der Waals surface area contributed by atoms with E-state index in [1.807, 2.05) is 11.8 Å². The number of nitrogens with zero attached hydrogens (tertiary/aromatic N) is 1. The van der Waals surface area contributed by atoms with Crippen LogP contribution < -0.4 is 0 Å². The second-order valence-electron chi connectivity index (χ2n) is 9.63. The summed E-state index contributed by atoms with van der Waals surface area (Å²) in [5.41, 5.74) is 0.299. The molecular formula is C18H35NOSSi. The number of hydrogen-bond acceptors (Lipinski definition) is 3. The lowest BCUT2D eigenvalue weighted by Gasteiger charge is -2.45. The first kappa shape index (κ1) is 18.4. The fourth-order valence-electron chi connectivity index (χ4n) is 2.75. The first-order valence-corrected chi connectivity index (χ1v) is 12.5. The van der Waals surface area contributed by atoms with Gasteiger partial charge in [-0.15, -0.1) is 11.8 Å². The quantitative estimate of drug-likeness (QED) is 0.610. The molecule has 2 nitrogen and oxygen atoms in total. The maximum atomic E-state index is 6.51. The molecule has 128 valence electrons. The van der Waals surface area contributed by atoms with Gasteiger partial charge in [0.1, 0.15) is 0 Å². The van der Waals surface area contributed by atoms with Crippen LogP contribution >= 0.6 is 11.8 Å². The Morgan fingerprint density at radius 2 is 1.77 bits per heavy atom. The topological polar surface area (TPSA) is 12.5 Å². The molecule has 0 amide bonds. The maximum Gasteiger partial charge on any atom is 0.192 e. The zero-order valence-electron chi connectivity index (χ0n) is 15.8. The molecule has 1 saturated carbocycles. The summed E-state index contributed by atoms with van der Waals surface area (Å²) in [6.07, 6.45) is 5.43. The van der Waals surface area contributed by atoms with Gasteiger partial charge in [-0.05, 0) is 42.3 Å². The van der Waals surface area contributed by atoms with E-state index in [0.29, 0.717) is 16.6 Å². The molecule has 2 rings (SSSR count). The fourth-order valence-corrected chi connectivity index (χ4v) is 5.27. The van der Waals surface area contributed by atoms with Crippen molar-refractivity contribution in [1.29, 1.82) is 0 Å². The monoisotopic (exact) mass is 341 g/mol. The van der Waals surface area contributed by atoms with Gasteiger partial charge in [0.15, 0.2) is 8.32 Å². The first-order valence-electron chi connectivity index (χ1n) is 8.65. The van der Waals surface area contributed by atoms with Gasteiger partial charge in [0.05, 0.1) is 5.88 Å². The molecule has 4 heteroatoms. The van der Waals surface area contributed by atoms with Gasteiger partial charge < -0.3 is 9.33 Å². The highest BCUT2D eigenvalue weighted by Gasteiger charge is 2.42. The number of hydrogen-bond donors (Lipinski definition) is 0. The van der Waals surface area contributed by atoms with E-state index in [2.05, 4.69) is 65.7 Å². The van der Waals surface area contributed by atoms with Crippen LogP contribution in [0.2, 0.25) is 18.1 Å². The van der Waals surface area contributed by atoms with Crippen molar-refractivity contribution in [3.8, 4) is 0 Å². The lowest BCUT2D eigenvalue weighted by molar-refractivity contribution is 0.0424. The molecule has 0 bridgehead atoms. The van der Waals surface area contributed by atoms with Crippen molar-refractivity contribution in [3.05, 3.63) is 11.1 Å². The number of rotatable bonds is 4. The van der Waals surface area contributed by atoms with E-state index in [1.54, 1.807) is 0 Å². The van der Waals surface area contributed by atoms with Crippen LogP contribution in [0.1, 0.15) is 54.4 Å². The van der Waals surface area contributed by atoms with Crippen LogP contribution in [0.3, 0.4) is 0 Å². The van der Waals surface area contributed by atoms with Gasteiger partial charge in [-0.2, -0.15) is 0 Å². The van der Waals surface area contributed by atoms with E-state index in [9.17, 15) is 0 Å². The molecule has 0 aromatic rings. The van der Waals surface area contributed by atoms with E-state index < -0.39 is 8.32 Å². The molecule has 22 heavy (non-hydrogen) atoms. The van der Waals surface area contributed by atoms with Gasteiger partial charge >= 0.3 is 0 Å². The van der Waals surface area contributed by atoms with Crippen molar-refractivity contribution in [2.24, 2.45) is 11.3 Å². The molecule has 1 aliphatic carbocycles. The molecule has 0 aromatic heterocycles. The molecule has 0 saturated heterocycles. The Hall–Kier alpha value is 0.0669. The minimum absolute atomic E-state index is 0.299. The zero-order chi connectivity index (χ0) is 16.8. The van der Waals surface area contributed by atoms with Crippen LogP contribution in [0.4, 0.5) is 0 Å². The molecule has 0 spiro atoms. The maximum absolute atomic E-state index is 6.51. The highest BCUT2D eigenvalue weighted by Crippen LogP contribution is 2.43. The summed E-state index contributed by atoms with van der Waals surface area (Å²) in [5.74, 6) is 1.96. The lowest BCUT2D eigenvalue weighted by Crippen LogP contribution is -2.48. The summed E-state index contributed by atoms with van der Waals surface area (Å²) >= 11 is 2.01. The molecular weight excluding hydrogens is 306 g/mol.